The lowest BCUT2D eigenvalue weighted by Crippen LogP contribution is -2.43. The Hall–Kier alpha value is -3.36. The van der Waals surface area contributed by atoms with Crippen LogP contribution in [0.5, 0.6) is 5.75 Å². The second-order valence-electron chi connectivity index (χ2n) is 10.1. The molecule has 204 valence electrons. The van der Waals surface area contributed by atoms with Crippen LogP contribution >= 0.6 is 27.5 Å². The van der Waals surface area contributed by atoms with Crippen LogP contribution in [0.15, 0.2) is 71.2 Å². The average Bonchev–Trinajstić information content (AvgIpc) is 2.86. The first-order chi connectivity index (χ1) is 18.5. The summed E-state index contributed by atoms with van der Waals surface area (Å²) in [5, 5.41) is 3.47. The van der Waals surface area contributed by atoms with Crippen molar-refractivity contribution in [2.24, 2.45) is 0 Å². The standard InChI is InChI=1S/C30H29BrClFN2O4/c1-30(2,3)39-29(37)35-15-14-25(23-11-10-22(33)17-26(23)35)34-28(36)13-8-19-16-21(32)9-12-27(19)38-18-20-6-4-5-7-24(20)31/h4-13,16-17,25H,14-15,18H2,1-3H3,(H,34,36)/b13-8+. The quantitative estimate of drug-likeness (QED) is 0.287. The van der Waals surface area contributed by atoms with Gasteiger partial charge in [0.2, 0.25) is 5.91 Å². The molecule has 2 amide bonds. The Morgan fingerprint density at radius 1 is 1.15 bits per heavy atom. The molecule has 0 radical (unpaired) electrons. The van der Waals surface area contributed by atoms with E-state index in [0.717, 1.165) is 10.0 Å². The summed E-state index contributed by atoms with van der Waals surface area (Å²) in [5.74, 6) is -0.256. The second kappa shape index (κ2) is 12.2. The maximum absolute atomic E-state index is 14.1. The molecule has 0 aliphatic carbocycles. The van der Waals surface area contributed by atoms with Gasteiger partial charge in [0.15, 0.2) is 0 Å². The predicted octanol–water partition coefficient (Wildman–Crippen LogP) is 7.84. The van der Waals surface area contributed by atoms with E-state index in [0.29, 0.717) is 40.6 Å². The molecule has 1 heterocycles. The highest BCUT2D eigenvalue weighted by atomic mass is 79.9. The van der Waals surface area contributed by atoms with Crippen LogP contribution in [-0.2, 0) is 16.1 Å². The topological polar surface area (TPSA) is 67.9 Å². The summed E-state index contributed by atoms with van der Waals surface area (Å²) in [6.45, 7) is 5.91. The lowest BCUT2D eigenvalue weighted by Gasteiger charge is -2.35. The van der Waals surface area contributed by atoms with E-state index in [4.69, 9.17) is 21.1 Å². The number of halogens is 3. The van der Waals surface area contributed by atoms with E-state index < -0.39 is 23.6 Å². The van der Waals surface area contributed by atoms with Crippen LogP contribution in [0.4, 0.5) is 14.9 Å². The first kappa shape index (κ1) is 28.6. The Kier molecular flexibility index (Phi) is 8.97. The molecule has 0 bridgehead atoms. The summed E-state index contributed by atoms with van der Waals surface area (Å²) < 4.78 is 26.6. The van der Waals surface area contributed by atoms with Crippen LogP contribution in [-0.4, -0.2) is 24.1 Å². The summed E-state index contributed by atoms with van der Waals surface area (Å²) in [5.41, 5.74) is 1.94. The van der Waals surface area contributed by atoms with Crippen LogP contribution in [0.3, 0.4) is 0 Å². The van der Waals surface area contributed by atoms with Crippen LogP contribution in [0.2, 0.25) is 5.02 Å². The van der Waals surface area contributed by atoms with Crippen molar-refractivity contribution in [3.05, 3.63) is 98.7 Å². The fourth-order valence-electron chi connectivity index (χ4n) is 4.17. The molecular weight excluding hydrogens is 587 g/mol. The molecule has 0 aromatic heterocycles. The maximum atomic E-state index is 14.1. The van der Waals surface area contributed by atoms with Crippen LogP contribution in [0, 0.1) is 5.82 Å². The lowest BCUT2D eigenvalue weighted by molar-refractivity contribution is -0.117. The summed E-state index contributed by atoms with van der Waals surface area (Å²) in [6, 6.07) is 16.7. The number of nitrogens with one attached hydrogen (secondary N) is 1. The van der Waals surface area contributed by atoms with Gasteiger partial charge in [-0.05, 0) is 75.2 Å². The van der Waals surface area contributed by atoms with Gasteiger partial charge < -0.3 is 14.8 Å². The number of carbonyl (C=O) groups excluding carboxylic acids is 2. The van der Waals surface area contributed by atoms with E-state index in [1.807, 2.05) is 24.3 Å². The first-order valence-corrected chi connectivity index (χ1v) is 13.6. The molecule has 1 aliphatic rings. The molecule has 0 spiro atoms. The molecule has 39 heavy (non-hydrogen) atoms. The van der Waals surface area contributed by atoms with Crippen LogP contribution in [0.1, 0.15) is 49.9 Å². The molecule has 1 N–H and O–H groups in total. The van der Waals surface area contributed by atoms with Gasteiger partial charge >= 0.3 is 6.09 Å². The molecule has 0 fully saturated rings. The van der Waals surface area contributed by atoms with Crippen molar-refractivity contribution in [1.29, 1.82) is 0 Å². The third-order valence-electron chi connectivity index (χ3n) is 5.96. The summed E-state index contributed by atoms with van der Waals surface area (Å²) in [6.07, 6.45) is 2.92. The van der Waals surface area contributed by atoms with Crippen molar-refractivity contribution in [2.45, 2.75) is 45.4 Å². The highest BCUT2D eigenvalue weighted by Gasteiger charge is 2.32. The minimum atomic E-state index is -0.694. The van der Waals surface area contributed by atoms with E-state index >= 15 is 0 Å². The van der Waals surface area contributed by atoms with Gasteiger partial charge in [-0.1, -0.05) is 51.8 Å². The fraction of sp³-hybridized carbons (Fsp3) is 0.267. The Labute approximate surface area is 240 Å². The maximum Gasteiger partial charge on any atom is 0.414 e. The molecule has 6 nitrogen and oxygen atoms in total. The number of rotatable bonds is 6. The molecule has 4 rings (SSSR count). The Balaban J connectivity index is 1.48. The number of hydrogen-bond donors (Lipinski definition) is 1. The third kappa shape index (κ3) is 7.61. The number of carbonyl (C=O) groups is 2. The zero-order valence-corrected chi connectivity index (χ0v) is 24.2. The molecule has 1 aliphatic heterocycles. The number of ether oxygens (including phenoxy) is 2. The van der Waals surface area contributed by atoms with Crippen molar-refractivity contribution in [3.63, 3.8) is 0 Å². The van der Waals surface area contributed by atoms with Crippen molar-refractivity contribution < 1.29 is 23.5 Å². The highest BCUT2D eigenvalue weighted by Crippen LogP contribution is 2.35. The Morgan fingerprint density at radius 3 is 2.67 bits per heavy atom. The molecule has 0 saturated carbocycles. The second-order valence-corrected chi connectivity index (χ2v) is 11.4. The average molecular weight is 616 g/mol. The van der Waals surface area contributed by atoms with Gasteiger partial charge in [0.25, 0.3) is 0 Å². The largest absolute Gasteiger partial charge is 0.488 e. The van der Waals surface area contributed by atoms with Crippen molar-refractivity contribution in [3.8, 4) is 5.75 Å². The van der Waals surface area contributed by atoms with Gasteiger partial charge in [0, 0.05) is 33.2 Å². The number of amides is 2. The van der Waals surface area contributed by atoms with Gasteiger partial charge in [-0.2, -0.15) is 0 Å². The molecule has 3 aromatic rings. The number of fused-ring (bicyclic) bond motifs is 1. The van der Waals surface area contributed by atoms with Crippen LogP contribution in [0.25, 0.3) is 6.08 Å². The van der Waals surface area contributed by atoms with Crippen molar-refractivity contribution >= 4 is 51.3 Å². The normalized spacial score (nSPS) is 15.1. The molecule has 1 atom stereocenters. The predicted molar refractivity (Wildman–Crippen MR) is 154 cm³/mol. The van der Waals surface area contributed by atoms with Gasteiger partial charge in [0.1, 0.15) is 23.8 Å². The van der Waals surface area contributed by atoms with Gasteiger partial charge in [-0.3, -0.25) is 9.69 Å². The zero-order chi connectivity index (χ0) is 28.2. The van der Waals surface area contributed by atoms with Gasteiger partial charge in [0.05, 0.1) is 11.7 Å². The number of anilines is 1. The summed E-state index contributed by atoms with van der Waals surface area (Å²) >= 11 is 9.73. The molecule has 0 saturated heterocycles. The van der Waals surface area contributed by atoms with E-state index in [-0.39, 0.29) is 12.5 Å². The molecule has 1 unspecified atom stereocenters. The number of nitrogens with zero attached hydrogens (tertiary/aromatic N) is 1. The SMILES string of the molecule is CC(C)(C)OC(=O)N1CCC(NC(=O)/C=C/c2cc(Cl)ccc2OCc2ccccc2Br)c2ccc(F)cc21. The number of hydrogen-bond acceptors (Lipinski definition) is 4. The van der Waals surface area contributed by atoms with Crippen molar-refractivity contribution in [2.75, 3.05) is 11.4 Å². The highest BCUT2D eigenvalue weighted by molar-refractivity contribution is 9.10. The Morgan fingerprint density at radius 2 is 1.92 bits per heavy atom. The van der Waals surface area contributed by atoms with Crippen LogP contribution < -0.4 is 15.0 Å². The monoisotopic (exact) mass is 614 g/mol. The van der Waals surface area contributed by atoms with E-state index in [9.17, 15) is 14.0 Å². The summed E-state index contributed by atoms with van der Waals surface area (Å²) in [4.78, 5) is 27.1. The third-order valence-corrected chi connectivity index (χ3v) is 6.97. The molecule has 9 heteroatoms. The minimum Gasteiger partial charge on any atom is -0.488 e. The fourth-order valence-corrected chi connectivity index (χ4v) is 4.75. The van der Waals surface area contributed by atoms with Crippen molar-refractivity contribution in [1.82, 2.24) is 5.32 Å². The Bertz CT molecular complexity index is 1410. The van der Waals surface area contributed by atoms with Gasteiger partial charge in [-0.25, -0.2) is 9.18 Å². The molecular formula is C30H29BrClFN2O4. The first-order valence-electron chi connectivity index (χ1n) is 12.4. The minimum absolute atomic E-state index is 0.265. The van der Waals surface area contributed by atoms with E-state index in [2.05, 4.69) is 21.2 Å². The van der Waals surface area contributed by atoms with E-state index in [1.165, 1.54) is 23.1 Å². The molecule has 3 aromatic carbocycles. The zero-order valence-electron chi connectivity index (χ0n) is 21.8. The smallest absolute Gasteiger partial charge is 0.414 e. The number of benzene rings is 3. The van der Waals surface area contributed by atoms with Gasteiger partial charge in [-0.15, -0.1) is 0 Å². The lowest BCUT2D eigenvalue weighted by atomic mass is 9.96. The summed E-state index contributed by atoms with van der Waals surface area (Å²) in [7, 11) is 0. The van der Waals surface area contributed by atoms with E-state index in [1.54, 1.807) is 51.1 Å².